The lowest BCUT2D eigenvalue weighted by molar-refractivity contribution is 0.0635. The third-order valence-electron chi connectivity index (χ3n) is 2.80. The number of carbonyl (C=O) groups excluding carboxylic acids is 1. The van der Waals surface area contributed by atoms with Crippen molar-refractivity contribution in [3.8, 4) is 0 Å². The van der Waals surface area contributed by atoms with Gasteiger partial charge >= 0.3 is 6.09 Å². The molecule has 1 fully saturated rings. The van der Waals surface area contributed by atoms with Gasteiger partial charge in [-0.25, -0.2) is 9.78 Å². The molecular formula is C14H21N3O2. The van der Waals surface area contributed by atoms with E-state index in [9.17, 15) is 4.79 Å². The predicted molar refractivity (Wildman–Crippen MR) is 74.2 cm³/mol. The molecule has 0 aliphatic carbocycles. The molecule has 0 atom stereocenters. The number of hydrogen-bond acceptors (Lipinski definition) is 4. The van der Waals surface area contributed by atoms with Crippen LogP contribution in [0, 0.1) is 5.92 Å². The average molecular weight is 263 g/mol. The van der Waals surface area contributed by atoms with Crippen LogP contribution in [0.1, 0.15) is 26.5 Å². The Morgan fingerprint density at radius 2 is 2.21 bits per heavy atom. The monoisotopic (exact) mass is 263 g/mol. The molecule has 0 saturated carbocycles. The van der Waals surface area contributed by atoms with E-state index in [1.54, 1.807) is 6.07 Å². The van der Waals surface area contributed by atoms with Gasteiger partial charge in [0.1, 0.15) is 11.4 Å². The van der Waals surface area contributed by atoms with Gasteiger partial charge in [0, 0.05) is 5.69 Å². The van der Waals surface area contributed by atoms with Gasteiger partial charge in [0.15, 0.2) is 0 Å². The van der Waals surface area contributed by atoms with Crippen LogP contribution >= 0.6 is 0 Å². The van der Waals surface area contributed by atoms with Crippen molar-refractivity contribution in [2.75, 3.05) is 18.4 Å². The molecule has 2 rings (SSSR count). The highest BCUT2D eigenvalue weighted by molar-refractivity contribution is 5.83. The van der Waals surface area contributed by atoms with E-state index in [1.807, 2.05) is 32.9 Å². The first-order valence-electron chi connectivity index (χ1n) is 6.59. The molecule has 2 heterocycles. The maximum Gasteiger partial charge on any atom is 0.413 e. The van der Waals surface area contributed by atoms with Crippen molar-refractivity contribution in [2.45, 2.75) is 32.8 Å². The van der Waals surface area contributed by atoms with Crippen LogP contribution in [0.15, 0.2) is 18.2 Å². The van der Waals surface area contributed by atoms with Crippen molar-refractivity contribution in [2.24, 2.45) is 5.92 Å². The number of nitrogens with one attached hydrogen (secondary N) is 2. The summed E-state index contributed by atoms with van der Waals surface area (Å²) in [6, 6.07) is 5.66. The molecule has 19 heavy (non-hydrogen) atoms. The summed E-state index contributed by atoms with van der Waals surface area (Å²) in [5.74, 6) is 1.20. The van der Waals surface area contributed by atoms with Crippen LogP contribution in [0.25, 0.3) is 0 Å². The lowest BCUT2D eigenvalue weighted by Gasteiger charge is -2.26. The standard InChI is InChI=1S/C14H21N3O2/c1-14(2,3)19-13(18)17-12-6-4-5-11(16-12)7-10-8-15-9-10/h4-6,10,15H,7-9H2,1-3H3,(H,16,17,18). The summed E-state index contributed by atoms with van der Waals surface area (Å²) >= 11 is 0. The van der Waals surface area contributed by atoms with Crippen molar-refractivity contribution >= 4 is 11.9 Å². The quantitative estimate of drug-likeness (QED) is 0.877. The van der Waals surface area contributed by atoms with Crippen LogP contribution in [0.4, 0.5) is 10.6 Å². The molecule has 1 aliphatic rings. The fourth-order valence-electron chi connectivity index (χ4n) is 1.86. The zero-order chi connectivity index (χ0) is 13.9. The molecule has 1 aromatic heterocycles. The second-order valence-corrected chi connectivity index (χ2v) is 5.87. The van der Waals surface area contributed by atoms with Crippen molar-refractivity contribution in [1.29, 1.82) is 0 Å². The van der Waals surface area contributed by atoms with Crippen LogP contribution in [-0.4, -0.2) is 29.8 Å². The molecule has 0 bridgehead atoms. The number of carbonyl (C=O) groups is 1. The molecule has 0 radical (unpaired) electrons. The Hall–Kier alpha value is -1.62. The Kier molecular flexibility index (Phi) is 4.04. The first kappa shape index (κ1) is 13.8. The van der Waals surface area contributed by atoms with Crippen LogP contribution in [0.5, 0.6) is 0 Å². The van der Waals surface area contributed by atoms with E-state index in [1.165, 1.54) is 0 Å². The van der Waals surface area contributed by atoms with E-state index in [0.29, 0.717) is 11.7 Å². The summed E-state index contributed by atoms with van der Waals surface area (Å²) in [7, 11) is 0. The van der Waals surface area contributed by atoms with E-state index in [2.05, 4.69) is 15.6 Å². The maximum atomic E-state index is 11.6. The average Bonchev–Trinajstić information content (AvgIpc) is 2.21. The highest BCUT2D eigenvalue weighted by Crippen LogP contribution is 2.14. The molecule has 5 nitrogen and oxygen atoms in total. The molecule has 0 aromatic carbocycles. The molecular weight excluding hydrogens is 242 g/mol. The van der Waals surface area contributed by atoms with Gasteiger partial charge in [0.25, 0.3) is 0 Å². The topological polar surface area (TPSA) is 63.2 Å². The number of nitrogens with zero attached hydrogens (tertiary/aromatic N) is 1. The van der Waals surface area contributed by atoms with Gasteiger partial charge in [-0.15, -0.1) is 0 Å². The van der Waals surface area contributed by atoms with Gasteiger partial charge in [-0.3, -0.25) is 5.32 Å². The Balaban J connectivity index is 1.92. The summed E-state index contributed by atoms with van der Waals surface area (Å²) in [6.45, 7) is 7.59. The Morgan fingerprint density at radius 1 is 1.47 bits per heavy atom. The van der Waals surface area contributed by atoms with Gasteiger partial charge < -0.3 is 10.1 Å². The normalized spacial score (nSPS) is 15.7. The Labute approximate surface area is 113 Å². The van der Waals surface area contributed by atoms with Gasteiger partial charge in [0.05, 0.1) is 0 Å². The van der Waals surface area contributed by atoms with Crippen molar-refractivity contribution in [3.05, 3.63) is 23.9 Å². The van der Waals surface area contributed by atoms with Gasteiger partial charge in [-0.2, -0.15) is 0 Å². The molecule has 0 spiro atoms. The second kappa shape index (κ2) is 5.57. The van der Waals surface area contributed by atoms with Gasteiger partial charge in [0.2, 0.25) is 0 Å². The van der Waals surface area contributed by atoms with E-state index in [-0.39, 0.29) is 0 Å². The second-order valence-electron chi connectivity index (χ2n) is 5.87. The minimum atomic E-state index is -0.501. The fraction of sp³-hybridized carbons (Fsp3) is 0.571. The predicted octanol–water partition coefficient (Wildman–Crippen LogP) is 2.19. The van der Waals surface area contributed by atoms with E-state index in [4.69, 9.17) is 4.74 Å². The molecule has 2 N–H and O–H groups in total. The number of rotatable bonds is 3. The molecule has 1 saturated heterocycles. The summed E-state index contributed by atoms with van der Waals surface area (Å²) < 4.78 is 5.19. The zero-order valence-electron chi connectivity index (χ0n) is 11.7. The smallest absolute Gasteiger partial charge is 0.413 e. The molecule has 1 aromatic rings. The van der Waals surface area contributed by atoms with Crippen LogP contribution in [0.3, 0.4) is 0 Å². The van der Waals surface area contributed by atoms with E-state index in [0.717, 1.165) is 25.2 Å². The molecule has 104 valence electrons. The zero-order valence-corrected chi connectivity index (χ0v) is 11.7. The number of aromatic nitrogens is 1. The summed E-state index contributed by atoms with van der Waals surface area (Å²) in [5.41, 5.74) is 0.499. The highest BCUT2D eigenvalue weighted by atomic mass is 16.6. The number of ether oxygens (including phenoxy) is 1. The lowest BCUT2D eigenvalue weighted by atomic mass is 9.97. The third-order valence-corrected chi connectivity index (χ3v) is 2.80. The number of anilines is 1. The Bertz CT molecular complexity index is 450. The van der Waals surface area contributed by atoms with Crippen molar-refractivity contribution in [1.82, 2.24) is 10.3 Å². The van der Waals surface area contributed by atoms with Gasteiger partial charge in [-0.1, -0.05) is 6.07 Å². The molecule has 0 unspecified atom stereocenters. The maximum absolute atomic E-state index is 11.6. The SMILES string of the molecule is CC(C)(C)OC(=O)Nc1cccc(CC2CNC2)n1. The first-order chi connectivity index (χ1) is 8.92. The van der Waals surface area contributed by atoms with Crippen molar-refractivity contribution < 1.29 is 9.53 Å². The van der Waals surface area contributed by atoms with Crippen LogP contribution in [0.2, 0.25) is 0 Å². The largest absolute Gasteiger partial charge is 0.444 e. The minimum absolute atomic E-state index is 0.470. The summed E-state index contributed by atoms with van der Waals surface area (Å²) in [6.07, 6.45) is 0.471. The third kappa shape index (κ3) is 4.52. The number of hydrogen-bond donors (Lipinski definition) is 2. The van der Waals surface area contributed by atoms with Crippen LogP contribution < -0.4 is 10.6 Å². The summed E-state index contributed by atoms with van der Waals surface area (Å²) in [5, 5.41) is 5.90. The lowest BCUT2D eigenvalue weighted by Crippen LogP contribution is -2.43. The van der Waals surface area contributed by atoms with Gasteiger partial charge in [-0.05, 0) is 58.3 Å². The van der Waals surface area contributed by atoms with Crippen molar-refractivity contribution in [3.63, 3.8) is 0 Å². The fourth-order valence-corrected chi connectivity index (χ4v) is 1.86. The summed E-state index contributed by atoms with van der Waals surface area (Å²) in [4.78, 5) is 16.1. The van der Waals surface area contributed by atoms with Crippen LogP contribution in [-0.2, 0) is 11.2 Å². The highest BCUT2D eigenvalue weighted by Gasteiger charge is 2.19. The van der Waals surface area contributed by atoms with E-state index >= 15 is 0 Å². The molecule has 1 amide bonds. The Morgan fingerprint density at radius 3 is 2.79 bits per heavy atom. The minimum Gasteiger partial charge on any atom is -0.444 e. The van der Waals surface area contributed by atoms with E-state index < -0.39 is 11.7 Å². The molecule has 5 heteroatoms. The number of pyridine rings is 1. The number of amides is 1. The molecule has 1 aliphatic heterocycles. The first-order valence-corrected chi connectivity index (χ1v) is 6.59.